The van der Waals surface area contributed by atoms with Gasteiger partial charge in [0.15, 0.2) is 0 Å². The first-order valence-corrected chi connectivity index (χ1v) is 14.1. The molecule has 0 bridgehead atoms. The number of benzene rings is 2. The molecular formula is C30H35N3O4S. The molecule has 0 spiro atoms. The lowest BCUT2D eigenvalue weighted by molar-refractivity contribution is -0.135. The van der Waals surface area contributed by atoms with Gasteiger partial charge in [-0.3, -0.25) is 4.79 Å². The fraction of sp³-hybridized carbons (Fsp3) is 0.400. The number of hydrogen-bond acceptors (Lipinski definition) is 5. The number of thiophene rings is 1. The van der Waals surface area contributed by atoms with Gasteiger partial charge < -0.3 is 24.6 Å². The summed E-state index contributed by atoms with van der Waals surface area (Å²) in [6, 6.07) is 17.2. The molecule has 1 fully saturated rings. The molecule has 5 rings (SSSR count). The van der Waals surface area contributed by atoms with Crippen LogP contribution in [-0.4, -0.2) is 60.7 Å². The first-order valence-electron chi connectivity index (χ1n) is 13.3. The van der Waals surface area contributed by atoms with Crippen LogP contribution in [0.5, 0.6) is 5.75 Å². The van der Waals surface area contributed by atoms with Crippen molar-refractivity contribution < 1.29 is 19.1 Å². The molecule has 3 aromatic rings. The first kappa shape index (κ1) is 26.3. The highest BCUT2D eigenvalue weighted by atomic mass is 32.1. The van der Waals surface area contributed by atoms with Gasteiger partial charge in [0.25, 0.3) is 0 Å². The zero-order chi connectivity index (χ0) is 26.5. The molecule has 3 amide bonds. The minimum Gasteiger partial charge on any atom is -0.491 e. The maximum atomic E-state index is 13.8. The molecule has 200 valence electrons. The molecule has 0 unspecified atom stereocenters. The van der Waals surface area contributed by atoms with E-state index in [-0.39, 0.29) is 30.6 Å². The fourth-order valence-electron chi connectivity index (χ4n) is 5.11. The summed E-state index contributed by atoms with van der Waals surface area (Å²) in [5, 5.41) is 5.05. The number of hydrogen-bond donors (Lipinski definition) is 1. The molecule has 1 saturated heterocycles. The second-order valence-corrected chi connectivity index (χ2v) is 11.0. The smallest absolute Gasteiger partial charge is 0.322 e. The van der Waals surface area contributed by atoms with Gasteiger partial charge in [-0.25, -0.2) is 4.79 Å². The van der Waals surface area contributed by atoms with Gasteiger partial charge in [0, 0.05) is 30.3 Å². The van der Waals surface area contributed by atoms with Crippen LogP contribution in [0.15, 0.2) is 60.0 Å². The number of carbonyl (C=O) groups is 2. The Morgan fingerprint density at radius 2 is 1.95 bits per heavy atom. The zero-order valence-corrected chi connectivity index (χ0v) is 22.8. The van der Waals surface area contributed by atoms with Gasteiger partial charge >= 0.3 is 6.03 Å². The number of rotatable bonds is 8. The number of nitrogens with one attached hydrogen (secondary N) is 1. The van der Waals surface area contributed by atoms with Gasteiger partial charge in [-0.1, -0.05) is 35.9 Å². The lowest BCUT2D eigenvalue weighted by Crippen LogP contribution is -2.50. The van der Waals surface area contributed by atoms with E-state index in [1.54, 1.807) is 16.2 Å². The molecule has 2 atom stereocenters. The number of aryl methyl sites for hydroxylation is 2. The predicted octanol–water partition coefficient (Wildman–Crippen LogP) is 5.58. The van der Waals surface area contributed by atoms with Crippen molar-refractivity contribution in [2.75, 3.05) is 38.2 Å². The van der Waals surface area contributed by atoms with E-state index in [0.29, 0.717) is 32.0 Å². The molecule has 2 aromatic carbocycles. The van der Waals surface area contributed by atoms with Gasteiger partial charge in [-0.2, -0.15) is 0 Å². The van der Waals surface area contributed by atoms with E-state index < -0.39 is 0 Å². The van der Waals surface area contributed by atoms with Crippen molar-refractivity contribution in [3.8, 4) is 5.75 Å². The number of amides is 3. The minimum atomic E-state index is -0.293. The molecule has 38 heavy (non-hydrogen) atoms. The Morgan fingerprint density at radius 1 is 1.13 bits per heavy atom. The number of carbonyl (C=O) groups excluding carboxylic acids is 2. The zero-order valence-electron chi connectivity index (χ0n) is 22.0. The quantitative estimate of drug-likeness (QED) is 0.410. The van der Waals surface area contributed by atoms with Crippen LogP contribution in [-0.2, 0) is 16.0 Å². The number of anilines is 1. The highest BCUT2D eigenvalue weighted by molar-refractivity contribution is 7.10. The van der Waals surface area contributed by atoms with Crippen molar-refractivity contribution in [1.82, 2.24) is 9.80 Å². The van der Waals surface area contributed by atoms with Crippen LogP contribution in [0.3, 0.4) is 0 Å². The van der Waals surface area contributed by atoms with E-state index in [4.69, 9.17) is 9.47 Å². The van der Waals surface area contributed by atoms with Crippen LogP contribution in [0.2, 0.25) is 0 Å². The SMILES string of the molecule is Cc1ccc(NC(=O)N(CC(=O)N2CCc3sccc3[C@H]2COc2ccccc2C)C[C@@H]2CCCO2)cc1. The van der Waals surface area contributed by atoms with Gasteiger partial charge in [0.05, 0.1) is 12.1 Å². The third kappa shape index (κ3) is 6.19. The molecule has 3 heterocycles. The van der Waals surface area contributed by atoms with E-state index in [2.05, 4.69) is 16.8 Å². The summed E-state index contributed by atoms with van der Waals surface area (Å²) in [4.78, 5) is 31.9. The van der Waals surface area contributed by atoms with Crippen molar-refractivity contribution in [1.29, 1.82) is 0 Å². The molecule has 2 aliphatic rings. The summed E-state index contributed by atoms with van der Waals surface area (Å²) in [5.74, 6) is 0.733. The van der Waals surface area contributed by atoms with Crippen LogP contribution in [0.1, 0.15) is 40.5 Å². The van der Waals surface area contributed by atoms with E-state index >= 15 is 0 Å². The van der Waals surface area contributed by atoms with Crippen LogP contribution >= 0.6 is 11.3 Å². The molecule has 0 saturated carbocycles. The average molecular weight is 534 g/mol. The predicted molar refractivity (Wildman–Crippen MR) is 150 cm³/mol. The van der Waals surface area contributed by atoms with Crippen LogP contribution in [0.4, 0.5) is 10.5 Å². The van der Waals surface area contributed by atoms with E-state index in [1.165, 1.54) is 4.88 Å². The Morgan fingerprint density at radius 3 is 2.71 bits per heavy atom. The summed E-state index contributed by atoms with van der Waals surface area (Å²) < 4.78 is 12.0. The van der Waals surface area contributed by atoms with Crippen LogP contribution in [0.25, 0.3) is 0 Å². The maximum absolute atomic E-state index is 13.8. The number of fused-ring (bicyclic) bond motifs is 1. The van der Waals surface area contributed by atoms with Crippen molar-refractivity contribution >= 4 is 29.0 Å². The molecule has 0 aliphatic carbocycles. The summed E-state index contributed by atoms with van der Waals surface area (Å²) in [6.45, 7) is 6.04. The van der Waals surface area contributed by atoms with E-state index in [1.807, 2.05) is 67.3 Å². The second kappa shape index (κ2) is 12.0. The van der Waals surface area contributed by atoms with Crippen LogP contribution in [0, 0.1) is 13.8 Å². The monoisotopic (exact) mass is 533 g/mol. The summed E-state index contributed by atoms with van der Waals surface area (Å²) in [5.41, 5.74) is 4.02. The maximum Gasteiger partial charge on any atom is 0.322 e. The van der Waals surface area contributed by atoms with E-state index in [9.17, 15) is 9.59 Å². The molecule has 7 nitrogen and oxygen atoms in total. The lowest BCUT2D eigenvalue weighted by Gasteiger charge is -2.37. The number of ether oxygens (including phenoxy) is 2. The lowest BCUT2D eigenvalue weighted by atomic mass is 10.0. The van der Waals surface area contributed by atoms with Gasteiger partial charge in [0.1, 0.15) is 18.9 Å². The third-order valence-electron chi connectivity index (χ3n) is 7.27. The molecule has 1 aromatic heterocycles. The summed E-state index contributed by atoms with van der Waals surface area (Å²) in [6.07, 6.45) is 2.60. The first-order chi connectivity index (χ1) is 18.5. The minimum absolute atomic E-state index is 0.0160. The Hall–Kier alpha value is -3.36. The Balaban J connectivity index is 1.32. The average Bonchev–Trinajstić information content (AvgIpc) is 3.61. The van der Waals surface area contributed by atoms with E-state index in [0.717, 1.165) is 41.7 Å². The Bertz CT molecular complexity index is 1250. The molecular weight excluding hydrogens is 498 g/mol. The Labute approximate surface area is 228 Å². The van der Waals surface area contributed by atoms with Crippen molar-refractivity contribution in [2.45, 2.75) is 45.3 Å². The van der Waals surface area contributed by atoms with Gasteiger partial charge in [0.2, 0.25) is 5.91 Å². The summed E-state index contributed by atoms with van der Waals surface area (Å²) in [7, 11) is 0. The van der Waals surface area contributed by atoms with Crippen LogP contribution < -0.4 is 10.1 Å². The van der Waals surface area contributed by atoms with Gasteiger partial charge in [-0.05, 0) is 73.9 Å². The molecule has 1 N–H and O–H groups in total. The standard InChI is InChI=1S/C30H35N3O4S/c1-21-9-11-23(12-10-21)31-30(35)32(18-24-7-5-16-36-24)19-29(34)33-15-13-28-25(14-17-38-28)26(33)20-37-27-8-4-3-6-22(27)2/h3-4,6,8-12,14,17,24,26H,5,7,13,15-16,18-20H2,1-2H3,(H,31,35)/t24-,26+/m0/s1. The van der Waals surface area contributed by atoms with Crippen molar-refractivity contribution in [3.05, 3.63) is 81.5 Å². The normalized spacial score (nSPS) is 18.6. The summed E-state index contributed by atoms with van der Waals surface area (Å²) >= 11 is 1.73. The molecule has 0 radical (unpaired) electrons. The highest BCUT2D eigenvalue weighted by Crippen LogP contribution is 2.34. The topological polar surface area (TPSA) is 71.1 Å². The highest BCUT2D eigenvalue weighted by Gasteiger charge is 2.34. The number of urea groups is 1. The second-order valence-electron chi connectivity index (χ2n) is 10.0. The Kier molecular flexibility index (Phi) is 8.29. The molecule has 2 aliphatic heterocycles. The number of nitrogens with zero attached hydrogens (tertiary/aromatic N) is 2. The van der Waals surface area contributed by atoms with Crippen molar-refractivity contribution in [2.24, 2.45) is 0 Å². The van der Waals surface area contributed by atoms with Crippen molar-refractivity contribution in [3.63, 3.8) is 0 Å². The number of para-hydroxylation sites is 1. The largest absolute Gasteiger partial charge is 0.491 e. The molecule has 8 heteroatoms. The fourth-order valence-corrected chi connectivity index (χ4v) is 6.04. The third-order valence-corrected chi connectivity index (χ3v) is 8.27. The van der Waals surface area contributed by atoms with Gasteiger partial charge in [-0.15, -0.1) is 11.3 Å².